The van der Waals surface area contributed by atoms with E-state index in [0.29, 0.717) is 17.5 Å². The molecule has 1 aliphatic heterocycles. The zero-order valence-corrected chi connectivity index (χ0v) is 19.6. The van der Waals surface area contributed by atoms with E-state index in [1.807, 2.05) is 26.0 Å². The lowest BCUT2D eigenvalue weighted by Gasteiger charge is -2.30. The number of rotatable bonds is 5. The van der Waals surface area contributed by atoms with Gasteiger partial charge in [-0.1, -0.05) is 18.9 Å². The molecule has 7 heteroatoms. The van der Waals surface area contributed by atoms with E-state index in [4.69, 9.17) is 4.42 Å². The zero-order valence-electron chi connectivity index (χ0n) is 18.0. The quantitative estimate of drug-likeness (QED) is 0.565. The molecule has 1 atom stereocenters. The van der Waals surface area contributed by atoms with Crippen LogP contribution in [0, 0.1) is 13.8 Å². The van der Waals surface area contributed by atoms with Crippen LogP contribution in [0.4, 0.5) is 0 Å². The van der Waals surface area contributed by atoms with Gasteiger partial charge in [0.1, 0.15) is 5.58 Å². The van der Waals surface area contributed by atoms with Gasteiger partial charge in [0.25, 0.3) is 5.91 Å². The molecule has 4 rings (SSSR count). The van der Waals surface area contributed by atoms with Gasteiger partial charge in [0, 0.05) is 17.5 Å². The summed E-state index contributed by atoms with van der Waals surface area (Å²) in [6.45, 7) is 6.51. The maximum Gasteiger partial charge on any atom is 0.287 e. The zero-order chi connectivity index (χ0) is 21.1. The van der Waals surface area contributed by atoms with Gasteiger partial charge in [0.05, 0.1) is 11.4 Å². The largest absolute Gasteiger partial charge is 0.451 e. The first kappa shape index (κ1) is 23.5. The van der Waals surface area contributed by atoms with Gasteiger partial charge in [0.15, 0.2) is 11.2 Å². The first-order valence-electron chi connectivity index (χ1n) is 10.6. The predicted molar refractivity (Wildman–Crippen MR) is 129 cm³/mol. The van der Waals surface area contributed by atoms with Crippen LogP contribution in [-0.2, 0) is 0 Å². The summed E-state index contributed by atoms with van der Waals surface area (Å²) in [6, 6.07) is 9.29. The molecule has 1 aromatic carbocycles. The summed E-state index contributed by atoms with van der Waals surface area (Å²) in [6.07, 6.45) is 4.91. The maximum absolute atomic E-state index is 12.9. The molecule has 0 spiro atoms. The Bertz CT molecular complexity index is 1090. The number of halogens is 1. The minimum absolute atomic E-state index is 0. The molecular weight excluding hydrogens is 432 g/mol. The monoisotopic (exact) mass is 460 g/mol. The van der Waals surface area contributed by atoms with E-state index in [1.165, 1.54) is 36.6 Å². The second kappa shape index (κ2) is 10.4. The van der Waals surface area contributed by atoms with Crippen molar-refractivity contribution in [3.8, 4) is 0 Å². The fraction of sp³-hybridized carbons (Fsp3) is 0.417. The second-order valence-corrected chi connectivity index (χ2v) is 9.08. The second-order valence-electron chi connectivity index (χ2n) is 8.10. The molecule has 1 amide bonds. The Morgan fingerprint density at radius 3 is 2.52 bits per heavy atom. The number of carbonyl (C=O) groups excluding carboxylic acids is 1. The minimum atomic E-state index is -0.344. The molecule has 0 radical (unpaired) electrons. The molecule has 3 aromatic rings. The van der Waals surface area contributed by atoms with Gasteiger partial charge in [-0.15, -0.1) is 23.7 Å². The summed E-state index contributed by atoms with van der Waals surface area (Å²) in [7, 11) is 0. The minimum Gasteiger partial charge on any atom is -0.451 e. The third kappa shape index (κ3) is 5.37. The van der Waals surface area contributed by atoms with E-state index in [9.17, 15) is 9.59 Å². The van der Waals surface area contributed by atoms with Crippen LogP contribution in [0.1, 0.15) is 58.3 Å². The molecule has 5 nitrogen and oxygen atoms in total. The fourth-order valence-electron chi connectivity index (χ4n) is 4.10. The first-order valence-corrected chi connectivity index (χ1v) is 11.5. The number of likely N-dealkylation sites (tertiary alicyclic amines) is 1. The number of hydrogen-bond donors (Lipinski definition) is 1. The molecule has 1 saturated heterocycles. The summed E-state index contributed by atoms with van der Waals surface area (Å²) in [5.41, 5.74) is 2.33. The molecule has 166 valence electrons. The summed E-state index contributed by atoms with van der Waals surface area (Å²) in [5, 5.41) is 5.60. The Morgan fingerprint density at radius 2 is 1.84 bits per heavy atom. The maximum atomic E-state index is 12.9. The van der Waals surface area contributed by atoms with Gasteiger partial charge in [0.2, 0.25) is 0 Å². The highest BCUT2D eigenvalue weighted by atomic mass is 35.5. The van der Waals surface area contributed by atoms with Crippen molar-refractivity contribution >= 4 is 40.6 Å². The van der Waals surface area contributed by atoms with Gasteiger partial charge >= 0.3 is 0 Å². The van der Waals surface area contributed by atoms with Crippen LogP contribution >= 0.6 is 23.7 Å². The van der Waals surface area contributed by atoms with E-state index in [1.54, 1.807) is 11.3 Å². The van der Waals surface area contributed by atoms with Crippen molar-refractivity contribution in [2.75, 3.05) is 19.6 Å². The molecule has 31 heavy (non-hydrogen) atoms. The number of fused-ring (bicyclic) bond motifs is 1. The van der Waals surface area contributed by atoms with Crippen molar-refractivity contribution in [3.05, 3.63) is 67.7 Å². The molecule has 0 aliphatic carbocycles. The first-order chi connectivity index (χ1) is 14.5. The van der Waals surface area contributed by atoms with Crippen LogP contribution in [-0.4, -0.2) is 30.4 Å². The highest BCUT2D eigenvalue weighted by Crippen LogP contribution is 2.27. The number of amides is 1. The van der Waals surface area contributed by atoms with E-state index < -0.39 is 0 Å². The van der Waals surface area contributed by atoms with Crippen LogP contribution in [0.3, 0.4) is 0 Å². The Hall–Kier alpha value is -2.15. The summed E-state index contributed by atoms with van der Waals surface area (Å²) in [4.78, 5) is 29.1. The molecule has 0 bridgehead atoms. The van der Waals surface area contributed by atoms with Crippen LogP contribution in [0.15, 0.2) is 44.9 Å². The van der Waals surface area contributed by atoms with Gasteiger partial charge in [-0.05, 0) is 74.5 Å². The number of hydrogen-bond acceptors (Lipinski definition) is 5. The third-order valence-electron chi connectivity index (χ3n) is 5.98. The van der Waals surface area contributed by atoms with Crippen molar-refractivity contribution in [2.45, 2.75) is 45.6 Å². The summed E-state index contributed by atoms with van der Waals surface area (Å²) in [5.74, 6) is -0.278. The van der Waals surface area contributed by atoms with Crippen molar-refractivity contribution in [1.82, 2.24) is 10.2 Å². The number of thiophene rings is 1. The molecule has 3 heterocycles. The van der Waals surface area contributed by atoms with Crippen LogP contribution in [0.5, 0.6) is 0 Å². The van der Waals surface area contributed by atoms with Crippen molar-refractivity contribution < 1.29 is 9.21 Å². The van der Waals surface area contributed by atoms with Gasteiger partial charge in [-0.3, -0.25) is 14.5 Å². The Balaban J connectivity index is 0.00000272. The summed E-state index contributed by atoms with van der Waals surface area (Å²) < 4.78 is 5.81. The SMILES string of the molecule is Cc1cc2oc(C(=O)NCC(c3cccs3)N3CCCCCC3)cc(=O)c2cc1C.Cl. The number of nitrogens with one attached hydrogen (secondary N) is 1. The number of nitrogens with zero attached hydrogens (tertiary/aromatic N) is 1. The van der Waals surface area contributed by atoms with Gasteiger partial charge < -0.3 is 9.73 Å². The van der Waals surface area contributed by atoms with E-state index in [2.05, 4.69) is 27.7 Å². The normalized spacial score (nSPS) is 15.8. The van der Waals surface area contributed by atoms with Crippen molar-refractivity contribution in [2.24, 2.45) is 0 Å². The predicted octanol–water partition coefficient (Wildman–Crippen LogP) is 5.24. The molecule has 1 unspecified atom stereocenters. The molecule has 1 N–H and O–H groups in total. The standard InChI is InChI=1S/C24H28N2O3S.ClH/c1-16-12-18-20(27)14-22(29-21(18)13-17(16)2)24(28)25-15-19(23-8-7-11-30-23)26-9-5-3-4-6-10-26;/h7-8,11-14,19H,3-6,9-10,15H2,1-2H3,(H,25,28);1H. The molecule has 1 aliphatic rings. The van der Waals surface area contributed by atoms with Crippen LogP contribution in [0.25, 0.3) is 11.0 Å². The topological polar surface area (TPSA) is 62.6 Å². The average Bonchev–Trinajstić information content (AvgIpc) is 3.12. The number of aryl methyl sites for hydroxylation is 2. The lowest BCUT2D eigenvalue weighted by Crippen LogP contribution is -2.38. The lowest BCUT2D eigenvalue weighted by molar-refractivity contribution is 0.0907. The van der Waals surface area contributed by atoms with Gasteiger partial charge in [-0.2, -0.15) is 0 Å². The highest BCUT2D eigenvalue weighted by molar-refractivity contribution is 7.10. The Labute approximate surface area is 192 Å². The average molecular weight is 461 g/mol. The third-order valence-corrected chi connectivity index (χ3v) is 6.95. The van der Waals surface area contributed by atoms with E-state index in [0.717, 1.165) is 24.2 Å². The van der Waals surface area contributed by atoms with Crippen molar-refractivity contribution in [3.63, 3.8) is 0 Å². The fourth-order valence-corrected chi connectivity index (χ4v) is 4.96. The van der Waals surface area contributed by atoms with Crippen LogP contribution in [0.2, 0.25) is 0 Å². The number of carbonyl (C=O) groups is 1. The molecule has 2 aromatic heterocycles. The summed E-state index contributed by atoms with van der Waals surface area (Å²) >= 11 is 1.72. The molecular formula is C24H29ClN2O3S. The van der Waals surface area contributed by atoms with E-state index in [-0.39, 0.29) is 35.5 Å². The number of benzene rings is 1. The lowest BCUT2D eigenvalue weighted by atomic mass is 10.1. The highest BCUT2D eigenvalue weighted by Gasteiger charge is 2.24. The van der Waals surface area contributed by atoms with Crippen LogP contribution < -0.4 is 10.7 Å². The van der Waals surface area contributed by atoms with Gasteiger partial charge in [-0.25, -0.2) is 0 Å². The smallest absolute Gasteiger partial charge is 0.287 e. The van der Waals surface area contributed by atoms with E-state index >= 15 is 0 Å². The van der Waals surface area contributed by atoms with Crippen molar-refractivity contribution in [1.29, 1.82) is 0 Å². The Kier molecular flexibility index (Phi) is 7.92. The Morgan fingerprint density at radius 1 is 1.13 bits per heavy atom. The molecule has 1 fully saturated rings. The molecule has 0 saturated carbocycles.